The molecule has 0 bridgehead atoms. The molecular weight excluding hydrogens is 294 g/mol. The molecule has 96 valence electrons. The monoisotopic (exact) mass is 309 g/mol. The van der Waals surface area contributed by atoms with E-state index in [4.69, 9.17) is 4.74 Å². The van der Waals surface area contributed by atoms with E-state index < -0.39 is 0 Å². The third-order valence-corrected chi connectivity index (χ3v) is 3.50. The Hall–Kier alpha value is -1.33. The van der Waals surface area contributed by atoms with Crippen molar-refractivity contribution in [3.8, 4) is 5.75 Å². The molecule has 1 aromatic carbocycles. The Balaban J connectivity index is 2.19. The second kappa shape index (κ2) is 6.02. The molecule has 18 heavy (non-hydrogen) atoms. The van der Waals surface area contributed by atoms with Crippen molar-refractivity contribution in [2.75, 3.05) is 14.2 Å². The van der Waals surface area contributed by atoms with Gasteiger partial charge in [0.2, 0.25) is 0 Å². The second-order valence-electron chi connectivity index (χ2n) is 3.98. The topological polar surface area (TPSA) is 49.9 Å². The number of benzene rings is 1. The van der Waals surface area contributed by atoms with Gasteiger partial charge in [-0.1, -0.05) is 6.07 Å². The van der Waals surface area contributed by atoms with Gasteiger partial charge in [0.1, 0.15) is 11.6 Å². The fourth-order valence-electron chi connectivity index (χ4n) is 1.89. The molecule has 5 heteroatoms. The molecule has 0 amide bonds. The number of aromatic nitrogens is 2. The predicted octanol–water partition coefficient (Wildman–Crippen LogP) is 2.68. The van der Waals surface area contributed by atoms with E-state index in [0.29, 0.717) is 0 Å². The average Bonchev–Trinajstić information content (AvgIpc) is 2.88. The summed E-state index contributed by atoms with van der Waals surface area (Å²) in [6, 6.07) is 6.32. The summed E-state index contributed by atoms with van der Waals surface area (Å²) in [5, 5.41) is 3.30. The quantitative estimate of drug-likeness (QED) is 0.893. The highest BCUT2D eigenvalue weighted by molar-refractivity contribution is 9.10. The maximum absolute atomic E-state index is 5.23. The molecule has 0 fully saturated rings. The molecular formula is C13H16BrN3O. The number of nitrogens with one attached hydrogen (secondary N) is 2. The molecule has 0 aliphatic carbocycles. The number of ether oxygens (including phenoxy) is 1. The fraction of sp³-hybridized carbons (Fsp3) is 0.308. The Morgan fingerprint density at radius 3 is 2.89 bits per heavy atom. The van der Waals surface area contributed by atoms with Crippen LogP contribution in [-0.2, 0) is 6.42 Å². The van der Waals surface area contributed by atoms with E-state index in [1.165, 1.54) is 5.56 Å². The summed E-state index contributed by atoms with van der Waals surface area (Å²) in [6.07, 6.45) is 4.43. The number of hydrogen-bond acceptors (Lipinski definition) is 3. The predicted molar refractivity (Wildman–Crippen MR) is 74.8 cm³/mol. The van der Waals surface area contributed by atoms with Crippen molar-refractivity contribution in [1.82, 2.24) is 15.3 Å². The third-order valence-electron chi connectivity index (χ3n) is 2.88. The standard InChI is InChI=1S/C13H16BrN3O/c1-15-11(8-13-16-5-6-17-13)9-3-4-12(18-2)10(14)7-9/h3-7,11,15H,8H2,1-2H3,(H,16,17). The molecule has 0 aliphatic heterocycles. The van der Waals surface area contributed by atoms with Crippen molar-refractivity contribution >= 4 is 15.9 Å². The number of likely N-dealkylation sites (N-methyl/N-ethyl adjacent to an activating group) is 1. The molecule has 0 aliphatic rings. The molecule has 2 aromatic rings. The number of imidazole rings is 1. The minimum atomic E-state index is 0.221. The third kappa shape index (κ3) is 2.91. The first-order valence-corrected chi connectivity index (χ1v) is 6.53. The summed E-state index contributed by atoms with van der Waals surface area (Å²) in [5.41, 5.74) is 1.20. The lowest BCUT2D eigenvalue weighted by Gasteiger charge is -2.16. The number of halogens is 1. The number of methoxy groups -OCH3 is 1. The van der Waals surface area contributed by atoms with Gasteiger partial charge in [0, 0.05) is 24.9 Å². The zero-order valence-electron chi connectivity index (χ0n) is 10.4. The maximum Gasteiger partial charge on any atom is 0.133 e. The van der Waals surface area contributed by atoms with Crippen molar-refractivity contribution < 1.29 is 4.74 Å². The van der Waals surface area contributed by atoms with Gasteiger partial charge in [0.15, 0.2) is 0 Å². The van der Waals surface area contributed by atoms with Crippen molar-refractivity contribution in [3.05, 3.63) is 46.5 Å². The molecule has 4 nitrogen and oxygen atoms in total. The van der Waals surface area contributed by atoms with Crippen LogP contribution in [0, 0.1) is 0 Å². The number of nitrogens with zero attached hydrogens (tertiary/aromatic N) is 1. The minimum Gasteiger partial charge on any atom is -0.496 e. The highest BCUT2D eigenvalue weighted by atomic mass is 79.9. The molecule has 2 rings (SSSR count). The number of hydrogen-bond donors (Lipinski definition) is 2. The molecule has 1 heterocycles. The highest BCUT2D eigenvalue weighted by Gasteiger charge is 2.13. The van der Waals surface area contributed by atoms with Crippen molar-refractivity contribution in [3.63, 3.8) is 0 Å². The van der Waals surface area contributed by atoms with Crippen molar-refractivity contribution in [2.45, 2.75) is 12.5 Å². The first-order chi connectivity index (χ1) is 8.74. The van der Waals surface area contributed by atoms with Gasteiger partial charge in [-0.2, -0.15) is 0 Å². The molecule has 1 unspecified atom stereocenters. The van der Waals surface area contributed by atoms with E-state index in [1.54, 1.807) is 13.3 Å². The molecule has 1 atom stereocenters. The van der Waals surface area contributed by atoms with Gasteiger partial charge in [-0.25, -0.2) is 4.98 Å². The van der Waals surface area contributed by atoms with E-state index in [1.807, 2.05) is 19.3 Å². The molecule has 0 radical (unpaired) electrons. The Kier molecular flexibility index (Phi) is 4.38. The fourth-order valence-corrected chi connectivity index (χ4v) is 2.45. The van der Waals surface area contributed by atoms with Crippen LogP contribution in [0.4, 0.5) is 0 Å². The minimum absolute atomic E-state index is 0.221. The second-order valence-corrected chi connectivity index (χ2v) is 4.83. The smallest absolute Gasteiger partial charge is 0.133 e. The Bertz CT molecular complexity index is 499. The first-order valence-electron chi connectivity index (χ1n) is 5.73. The maximum atomic E-state index is 5.23. The van der Waals surface area contributed by atoms with E-state index in [-0.39, 0.29) is 6.04 Å². The number of aromatic amines is 1. The van der Waals surface area contributed by atoms with Crippen LogP contribution < -0.4 is 10.1 Å². The van der Waals surface area contributed by atoms with Gasteiger partial charge in [-0.3, -0.25) is 0 Å². The summed E-state index contributed by atoms with van der Waals surface area (Å²) < 4.78 is 6.19. The molecule has 0 saturated carbocycles. The Morgan fingerprint density at radius 1 is 1.50 bits per heavy atom. The van der Waals surface area contributed by atoms with Crippen LogP contribution >= 0.6 is 15.9 Å². The lowest BCUT2D eigenvalue weighted by molar-refractivity contribution is 0.411. The Morgan fingerprint density at radius 2 is 2.33 bits per heavy atom. The lowest BCUT2D eigenvalue weighted by atomic mass is 10.0. The lowest BCUT2D eigenvalue weighted by Crippen LogP contribution is -2.19. The van der Waals surface area contributed by atoms with Crippen molar-refractivity contribution in [2.24, 2.45) is 0 Å². The van der Waals surface area contributed by atoms with Gasteiger partial charge < -0.3 is 15.0 Å². The van der Waals surface area contributed by atoms with Gasteiger partial charge in [-0.05, 0) is 40.7 Å². The van der Waals surface area contributed by atoms with E-state index in [0.717, 1.165) is 22.5 Å². The first kappa shape index (κ1) is 13.1. The van der Waals surface area contributed by atoms with Crippen LogP contribution in [-0.4, -0.2) is 24.1 Å². The molecule has 0 spiro atoms. The summed E-state index contributed by atoms with van der Waals surface area (Å²) in [4.78, 5) is 7.38. The van der Waals surface area contributed by atoms with E-state index >= 15 is 0 Å². The summed E-state index contributed by atoms with van der Waals surface area (Å²) in [6.45, 7) is 0. The van der Waals surface area contributed by atoms with Gasteiger partial charge >= 0.3 is 0 Å². The zero-order valence-corrected chi connectivity index (χ0v) is 12.0. The SMILES string of the molecule is CNC(Cc1ncc[nH]1)c1ccc(OC)c(Br)c1. The number of H-pyrrole nitrogens is 1. The van der Waals surface area contributed by atoms with Crippen LogP contribution in [0.1, 0.15) is 17.4 Å². The van der Waals surface area contributed by atoms with Gasteiger partial charge in [-0.15, -0.1) is 0 Å². The van der Waals surface area contributed by atoms with Crippen LogP contribution in [0.25, 0.3) is 0 Å². The van der Waals surface area contributed by atoms with E-state index in [2.05, 4.69) is 43.3 Å². The normalized spacial score (nSPS) is 12.4. The van der Waals surface area contributed by atoms with Crippen LogP contribution in [0.3, 0.4) is 0 Å². The summed E-state index contributed by atoms with van der Waals surface area (Å²) >= 11 is 3.51. The molecule has 2 N–H and O–H groups in total. The van der Waals surface area contributed by atoms with Crippen LogP contribution in [0.2, 0.25) is 0 Å². The zero-order chi connectivity index (χ0) is 13.0. The van der Waals surface area contributed by atoms with Gasteiger partial charge in [0.05, 0.1) is 11.6 Å². The number of rotatable bonds is 5. The summed E-state index contributed by atoms with van der Waals surface area (Å²) in [5.74, 6) is 1.81. The highest BCUT2D eigenvalue weighted by Crippen LogP contribution is 2.28. The van der Waals surface area contributed by atoms with E-state index in [9.17, 15) is 0 Å². The summed E-state index contributed by atoms with van der Waals surface area (Å²) in [7, 11) is 3.61. The molecule has 1 aromatic heterocycles. The average molecular weight is 310 g/mol. The van der Waals surface area contributed by atoms with Crippen LogP contribution in [0.15, 0.2) is 35.1 Å². The van der Waals surface area contributed by atoms with Gasteiger partial charge in [0.25, 0.3) is 0 Å². The van der Waals surface area contributed by atoms with Crippen molar-refractivity contribution in [1.29, 1.82) is 0 Å². The molecule has 0 saturated heterocycles. The Labute approximate surface area is 115 Å². The largest absolute Gasteiger partial charge is 0.496 e. The van der Waals surface area contributed by atoms with Crippen LogP contribution in [0.5, 0.6) is 5.75 Å².